The van der Waals surface area contributed by atoms with E-state index in [2.05, 4.69) is 289 Å². The SMILES string of the molecule is c1ccc(-c2ccc3ccccc3c2N(c2ccccc2)c2ccc3c(c2)C2(c4ccccc4-c4ccc(N(c5ccccc5)c5ccc6ccccc6c5-c5ccccc5)cc42)c2ccccc2-3)cc1. The highest BCUT2D eigenvalue weighted by atomic mass is 15.2. The molecule has 0 N–H and O–H groups in total. The number of hydrogen-bond acceptors (Lipinski definition) is 2. The molecule has 332 valence electrons. The van der Waals surface area contributed by atoms with Crippen molar-refractivity contribution in [2.24, 2.45) is 0 Å². The van der Waals surface area contributed by atoms with E-state index >= 15 is 0 Å². The molecule has 2 nitrogen and oxygen atoms in total. The number of nitrogens with zero attached hydrogens (tertiary/aromatic N) is 2. The van der Waals surface area contributed by atoms with Crippen LogP contribution in [-0.4, -0.2) is 0 Å². The Bertz CT molecular complexity index is 3980. The molecule has 1 atom stereocenters. The Kier molecular flexibility index (Phi) is 9.47. The van der Waals surface area contributed by atoms with Crippen LogP contribution in [0.2, 0.25) is 0 Å². The number of rotatable bonds is 8. The van der Waals surface area contributed by atoms with Crippen LogP contribution in [-0.2, 0) is 5.41 Å². The van der Waals surface area contributed by atoms with Crippen molar-refractivity contribution in [2.75, 3.05) is 9.80 Å². The number of fused-ring (bicyclic) bond motifs is 12. The zero-order valence-corrected chi connectivity index (χ0v) is 39.0. The van der Waals surface area contributed by atoms with Crippen molar-refractivity contribution in [2.45, 2.75) is 5.41 Å². The summed E-state index contributed by atoms with van der Waals surface area (Å²) in [5, 5.41) is 4.83. The Hall–Kier alpha value is -9.24. The predicted octanol–water partition coefficient (Wildman–Crippen LogP) is 18.6. The molecular weight excluding hydrogens is 857 g/mol. The molecule has 0 fully saturated rings. The van der Waals surface area contributed by atoms with Crippen LogP contribution in [0.5, 0.6) is 0 Å². The second kappa shape index (κ2) is 16.5. The predicted molar refractivity (Wildman–Crippen MR) is 298 cm³/mol. The number of benzene rings is 12. The summed E-state index contributed by atoms with van der Waals surface area (Å²) in [5.41, 5.74) is 21.0. The highest BCUT2D eigenvalue weighted by Gasteiger charge is 2.52. The van der Waals surface area contributed by atoms with Gasteiger partial charge in [0.2, 0.25) is 0 Å². The molecule has 2 aliphatic rings. The largest absolute Gasteiger partial charge is 0.310 e. The zero-order valence-electron chi connectivity index (χ0n) is 39.0. The molecule has 0 bridgehead atoms. The molecule has 0 aromatic heterocycles. The Morgan fingerprint density at radius 2 is 0.676 bits per heavy atom. The molecule has 0 saturated carbocycles. The number of anilines is 6. The summed E-state index contributed by atoms with van der Waals surface area (Å²) < 4.78 is 0. The molecule has 71 heavy (non-hydrogen) atoms. The van der Waals surface area contributed by atoms with Gasteiger partial charge < -0.3 is 9.80 Å². The van der Waals surface area contributed by atoms with Gasteiger partial charge >= 0.3 is 0 Å². The van der Waals surface area contributed by atoms with Gasteiger partial charge in [-0.1, -0.05) is 224 Å². The molecule has 0 amide bonds. The van der Waals surface area contributed by atoms with Gasteiger partial charge in [0.05, 0.1) is 16.8 Å². The van der Waals surface area contributed by atoms with Crippen molar-refractivity contribution >= 4 is 55.7 Å². The van der Waals surface area contributed by atoms with E-state index in [1.807, 2.05) is 0 Å². The summed E-state index contributed by atoms with van der Waals surface area (Å²) in [5.74, 6) is 0. The average molecular weight is 903 g/mol. The second-order valence-electron chi connectivity index (χ2n) is 18.7. The molecule has 12 aromatic carbocycles. The van der Waals surface area contributed by atoms with Crippen LogP contribution in [0, 0.1) is 0 Å². The van der Waals surface area contributed by atoms with Gasteiger partial charge in [0, 0.05) is 39.3 Å². The lowest BCUT2D eigenvalue weighted by molar-refractivity contribution is 0.793. The van der Waals surface area contributed by atoms with Gasteiger partial charge in [-0.25, -0.2) is 0 Å². The molecule has 0 radical (unpaired) electrons. The third-order valence-electron chi connectivity index (χ3n) is 15.0. The van der Waals surface area contributed by atoms with E-state index in [1.54, 1.807) is 0 Å². The van der Waals surface area contributed by atoms with Crippen molar-refractivity contribution in [3.8, 4) is 44.5 Å². The number of para-hydroxylation sites is 2. The maximum absolute atomic E-state index is 2.52. The van der Waals surface area contributed by atoms with Gasteiger partial charge in [-0.2, -0.15) is 0 Å². The van der Waals surface area contributed by atoms with Crippen LogP contribution in [0.15, 0.2) is 279 Å². The fourth-order valence-electron chi connectivity index (χ4n) is 12.1. The third-order valence-corrected chi connectivity index (χ3v) is 15.0. The fourth-order valence-corrected chi connectivity index (χ4v) is 12.1. The van der Waals surface area contributed by atoms with E-state index in [4.69, 9.17) is 0 Å². The molecule has 0 aliphatic heterocycles. The minimum Gasteiger partial charge on any atom is -0.310 e. The summed E-state index contributed by atoms with van der Waals surface area (Å²) in [7, 11) is 0. The summed E-state index contributed by atoms with van der Waals surface area (Å²) in [6.45, 7) is 0. The molecule has 2 aliphatic carbocycles. The van der Waals surface area contributed by atoms with Gasteiger partial charge in [-0.15, -0.1) is 0 Å². The quantitative estimate of drug-likeness (QED) is 0.150. The number of hydrogen-bond donors (Lipinski definition) is 0. The lowest BCUT2D eigenvalue weighted by atomic mass is 9.70. The average Bonchev–Trinajstić information content (AvgIpc) is 3.91. The van der Waals surface area contributed by atoms with Crippen LogP contribution in [0.1, 0.15) is 22.3 Å². The summed E-state index contributed by atoms with van der Waals surface area (Å²) in [4.78, 5) is 4.98. The lowest BCUT2D eigenvalue weighted by Gasteiger charge is -2.34. The molecular formula is C69H46N2. The van der Waals surface area contributed by atoms with Crippen molar-refractivity contribution in [1.82, 2.24) is 0 Å². The van der Waals surface area contributed by atoms with E-state index in [1.165, 1.54) is 88.3 Å². The molecule has 2 heteroatoms. The first-order valence-corrected chi connectivity index (χ1v) is 24.6. The smallest absolute Gasteiger partial charge is 0.0727 e. The van der Waals surface area contributed by atoms with Crippen molar-refractivity contribution in [1.29, 1.82) is 0 Å². The first kappa shape index (κ1) is 40.8. The van der Waals surface area contributed by atoms with Crippen LogP contribution in [0.4, 0.5) is 34.1 Å². The first-order chi connectivity index (χ1) is 35.3. The highest BCUT2D eigenvalue weighted by Crippen LogP contribution is 2.64. The Balaban J connectivity index is 1.05. The summed E-state index contributed by atoms with van der Waals surface area (Å²) in [6.07, 6.45) is 0. The van der Waals surface area contributed by atoms with Crippen molar-refractivity contribution in [3.05, 3.63) is 301 Å². The topological polar surface area (TPSA) is 6.48 Å². The van der Waals surface area contributed by atoms with E-state index in [-0.39, 0.29) is 0 Å². The Labute approximate surface area is 414 Å². The minimum absolute atomic E-state index is 0.624. The molecule has 12 aromatic rings. The van der Waals surface area contributed by atoms with E-state index < -0.39 is 5.41 Å². The molecule has 14 rings (SSSR count). The standard InChI is InChI=1S/C69H46N2/c1-5-21-47(22-6-1)57-41-37-49-24-14-16-32-56(49)68(57)71(52-29-11-4-12-30-52)54-40-43-61-59-34-18-20-36-63(59)69(65(61)46-54)62-35-19-17-33-58(62)60-42-39-53(45-64(60)69)70(51-27-9-3-10-28-51)66-44-38-48-23-13-15-31-55(48)67(66)50-25-7-2-8-26-50/h1-46H. The van der Waals surface area contributed by atoms with Gasteiger partial charge in [0.15, 0.2) is 0 Å². The minimum atomic E-state index is -0.624. The monoisotopic (exact) mass is 902 g/mol. The third kappa shape index (κ3) is 6.28. The van der Waals surface area contributed by atoms with E-state index in [9.17, 15) is 0 Å². The molecule has 1 unspecified atom stereocenters. The van der Waals surface area contributed by atoms with Gasteiger partial charge in [0.1, 0.15) is 0 Å². The van der Waals surface area contributed by atoms with E-state index in [0.29, 0.717) is 0 Å². The molecule has 0 heterocycles. The van der Waals surface area contributed by atoms with Crippen molar-refractivity contribution < 1.29 is 0 Å². The molecule has 0 saturated heterocycles. The van der Waals surface area contributed by atoms with E-state index in [0.717, 1.165) is 34.1 Å². The lowest BCUT2D eigenvalue weighted by Crippen LogP contribution is -2.26. The van der Waals surface area contributed by atoms with Crippen LogP contribution >= 0.6 is 0 Å². The van der Waals surface area contributed by atoms with Gasteiger partial charge in [0.25, 0.3) is 0 Å². The second-order valence-corrected chi connectivity index (χ2v) is 18.7. The van der Waals surface area contributed by atoms with Gasteiger partial charge in [-0.05, 0) is 126 Å². The van der Waals surface area contributed by atoms with Crippen LogP contribution in [0.3, 0.4) is 0 Å². The van der Waals surface area contributed by atoms with Gasteiger partial charge in [-0.3, -0.25) is 0 Å². The maximum atomic E-state index is 2.52. The van der Waals surface area contributed by atoms with Crippen LogP contribution in [0.25, 0.3) is 66.1 Å². The summed E-state index contributed by atoms with van der Waals surface area (Å²) >= 11 is 0. The normalized spacial score (nSPS) is 14.0. The van der Waals surface area contributed by atoms with Crippen LogP contribution < -0.4 is 9.80 Å². The maximum Gasteiger partial charge on any atom is 0.0727 e. The fraction of sp³-hybridized carbons (Fsp3) is 0.0145. The van der Waals surface area contributed by atoms with Crippen molar-refractivity contribution in [3.63, 3.8) is 0 Å². The zero-order chi connectivity index (χ0) is 46.9. The summed E-state index contributed by atoms with van der Waals surface area (Å²) in [6, 6.07) is 103. The Morgan fingerprint density at radius 3 is 1.28 bits per heavy atom. The molecule has 1 spiro atoms. The Morgan fingerprint density at radius 1 is 0.254 bits per heavy atom. The first-order valence-electron chi connectivity index (χ1n) is 24.6. The highest BCUT2D eigenvalue weighted by molar-refractivity contribution is 6.08.